The van der Waals surface area contributed by atoms with Crippen LogP contribution in [0.1, 0.15) is 49.9 Å². The Morgan fingerprint density at radius 3 is 2.14 bits per heavy atom. The van der Waals surface area contributed by atoms with E-state index >= 15 is 0 Å². The molecule has 0 aliphatic carbocycles. The lowest BCUT2D eigenvalue weighted by Crippen LogP contribution is -2.43. The van der Waals surface area contributed by atoms with Crippen LogP contribution in [0.2, 0.25) is 0 Å². The molecule has 0 radical (unpaired) electrons. The van der Waals surface area contributed by atoms with Gasteiger partial charge < -0.3 is 20.3 Å². The number of piperidine rings is 1. The molecule has 35 heavy (non-hydrogen) atoms. The molecule has 2 aromatic carbocycles. The molecular weight excluding hydrogens is 445 g/mol. The number of carbonyl (C=O) groups excluding carboxylic acids is 2. The second-order valence-electron chi connectivity index (χ2n) is 10.4. The second-order valence-corrected chi connectivity index (χ2v) is 10.4. The highest BCUT2D eigenvalue weighted by Crippen LogP contribution is 2.26. The average molecular weight is 482 g/mol. The van der Waals surface area contributed by atoms with Gasteiger partial charge in [0.15, 0.2) is 0 Å². The van der Waals surface area contributed by atoms with E-state index in [0.29, 0.717) is 37.6 Å². The van der Waals surface area contributed by atoms with Crippen LogP contribution in [0, 0.1) is 5.92 Å². The molecule has 0 spiro atoms. The summed E-state index contributed by atoms with van der Waals surface area (Å²) in [5.41, 5.74) is 6.90. The van der Waals surface area contributed by atoms with Crippen LogP contribution >= 0.6 is 0 Å². The Labute approximate surface area is 207 Å². The monoisotopic (exact) mass is 481 g/mol. The lowest BCUT2D eigenvalue weighted by molar-refractivity contribution is -0.121. The summed E-state index contributed by atoms with van der Waals surface area (Å²) < 4.78 is 19.9. The Morgan fingerprint density at radius 2 is 1.57 bits per heavy atom. The van der Waals surface area contributed by atoms with Gasteiger partial charge in [0.2, 0.25) is 5.91 Å². The Morgan fingerprint density at radius 1 is 0.971 bits per heavy atom. The van der Waals surface area contributed by atoms with E-state index in [1.54, 1.807) is 30.9 Å². The predicted octanol–water partition coefficient (Wildman–Crippen LogP) is 4.28. The first kappa shape index (κ1) is 25.2. The van der Waals surface area contributed by atoms with Crippen LogP contribution in [0.15, 0.2) is 48.5 Å². The van der Waals surface area contributed by atoms with Gasteiger partial charge in [-0.2, -0.15) is 0 Å². The summed E-state index contributed by atoms with van der Waals surface area (Å²) in [5.74, 6) is 0.727. The van der Waals surface area contributed by atoms with E-state index in [9.17, 15) is 14.0 Å². The Bertz CT molecular complexity index is 1010. The standard InChI is InChI=1S/C28H36FN3O3/c1-28(2,29)19-31-16-13-20(14-17-31)18-35-24-11-9-22(10-12-24)21-5-7-23(8-6-21)27(34)32-15-3-4-25(32)26(30)33/h5-12,20,25H,3-4,13-19H2,1-2H3,(H2,30,33). The van der Waals surface area contributed by atoms with Crippen molar-refractivity contribution in [2.24, 2.45) is 11.7 Å². The van der Waals surface area contributed by atoms with Gasteiger partial charge in [-0.05, 0) is 93.9 Å². The van der Waals surface area contributed by atoms with E-state index in [4.69, 9.17) is 10.5 Å². The zero-order valence-electron chi connectivity index (χ0n) is 20.7. The van der Waals surface area contributed by atoms with Crippen LogP contribution in [0.3, 0.4) is 0 Å². The number of likely N-dealkylation sites (tertiary alicyclic amines) is 2. The summed E-state index contributed by atoms with van der Waals surface area (Å²) >= 11 is 0. The number of hydrogen-bond acceptors (Lipinski definition) is 4. The molecule has 0 bridgehead atoms. The van der Waals surface area contributed by atoms with Crippen molar-refractivity contribution in [3.63, 3.8) is 0 Å². The number of carbonyl (C=O) groups is 2. The highest BCUT2D eigenvalue weighted by Gasteiger charge is 2.33. The number of ether oxygens (including phenoxy) is 1. The molecule has 7 heteroatoms. The molecule has 2 heterocycles. The van der Waals surface area contributed by atoms with Crippen LogP contribution in [-0.2, 0) is 4.79 Å². The van der Waals surface area contributed by atoms with Crippen molar-refractivity contribution in [3.05, 3.63) is 54.1 Å². The van der Waals surface area contributed by atoms with Gasteiger partial charge in [-0.25, -0.2) is 4.39 Å². The fourth-order valence-corrected chi connectivity index (χ4v) is 5.08. The number of nitrogens with zero attached hydrogens (tertiary/aromatic N) is 2. The first-order valence-corrected chi connectivity index (χ1v) is 12.5. The van der Waals surface area contributed by atoms with Crippen LogP contribution in [0.5, 0.6) is 5.75 Å². The van der Waals surface area contributed by atoms with Crippen molar-refractivity contribution < 1.29 is 18.7 Å². The topological polar surface area (TPSA) is 75.9 Å². The fraction of sp³-hybridized carbons (Fsp3) is 0.500. The molecule has 2 aromatic rings. The summed E-state index contributed by atoms with van der Waals surface area (Å²) in [4.78, 5) is 28.2. The second kappa shape index (κ2) is 10.8. The molecule has 1 atom stereocenters. The van der Waals surface area contributed by atoms with Crippen LogP contribution in [0.25, 0.3) is 11.1 Å². The van der Waals surface area contributed by atoms with E-state index in [0.717, 1.165) is 49.2 Å². The van der Waals surface area contributed by atoms with Gasteiger partial charge in [-0.1, -0.05) is 24.3 Å². The number of benzene rings is 2. The van der Waals surface area contributed by atoms with Gasteiger partial charge in [0.1, 0.15) is 17.5 Å². The van der Waals surface area contributed by atoms with E-state index in [2.05, 4.69) is 4.90 Å². The van der Waals surface area contributed by atoms with E-state index in [-0.39, 0.29) is 5.91 Å². The van der Waals surface area contributed by atoms with Crippen LogP contribution < -0.4 is 10.5 Å². The van der Waals surface area contributed by atoms with Crippen molar-refractivity contribution in [1.29, 1.82) is 0 Å². The lowest BCUT2D eigenvalue weighted by Gasteiger charge is -2.34. The highest BCUT2D eigenvalue weighted by molar-refractivity contribution is 5.98. The number of alkyl halides is 1. The molecule has 188 valence electrons. The zero-order chi connectivity index (χ0) is 25.0. The molecule has 2 aliphatic heterocycles. The third-order valence-corrected chi connectivity index (χ3v) is 6.95. The third kappa shape index (κ3) is 6.60. The molecule has 2 N–H and O–H groups in total. The van der Waals surface area contributed by atoms with Crippen molar-refractivity contribution in [1.82, 2.24) is 9.80 Å². The summed E-state index contributed by atoms with van der Waals surface area (Å²) in [6.07, 6.45) is 3.47. The number of primary amides is 1. The molecular formula is C28H36FN3O3. The normalized spacial score (nSPS) is 19.6. The molecule has 6 nitrogen and oxygen atoms in total. The van der Waals surface area contributed by atoms with Crippen molar-refractivity contribution in [2.75, 3.05) is 32.8 Å². The summed E-state index contributed by atoms with van der Waals surface area (Å²) in [6, 6.07) is 14.9. The van der Waals surface area contributed by atoms with E-state index in [1.807, 2.05) is 36.4 Å². The minimum atomic E-state index is -1.15. The molecule has 0 saturated carbocycles. The summed E-state index contributed by atoms with van der Waals surface area (Å²) in [6.45, 7) is 6.82. The van der Waals surface area contributed by atoms with Gasteiger partial charge in [-0.15, -0.1) is 0 Å². The number of rotatable bonds is 8. The highest BCUT2D eigenvalue weighted by atomic mass is 19.1. The van der Waals surface area contributed by atoms with Crippen LogP contribution in [-0.4, -0.2) is 66.1 Å². The van der Waals surface area contributed by atoms with Crippen molar-refractivity contribution in [3.8, 4) is 16.9 Å². The summed E-state index contributed by atoms with van der Waals surface area (Å²) in [7, 11) is 0. The molecule has 1 unspecified atom stereocenters. The Kier molecular flexibility index (Phi) is 7.75. The van der Waals surface area contributed by atoms with E-state index < -0.39 is 17.6 Å². The number of amides is 2. The maximum Gasteiger partial charge on any atom is 0.254 e. The average Bonchev–Trinajstić information content (AvgIpc) is 3.33. The van der Waals surface area contributed by atoms with Crippen molar-refractivity contribution in [2.45, 2.75) is 51.2 Å². The third-order valence-electron chi connectivity index (χ3n) is 6.95. The molecule has 4 rings (SSSR count). The minimum Gasteiger partial charge on any atom is -0.493 e. The number of nitrogens with two attached hydrogens (primary N) is 1. The predicted molar refractivity (Wildman–Crippen MR) is 135 cm³/mol. The largest absolute Gasteiger partial charge is 0.493 e. The maximum absolute atomic E-state index is 13.9. The SMILES string of the molecule is CC(C)(F)CN1CCC(COc2ccc(-c3ccc(C(=O)N4CCCC4C(N)=O)cc3)cc2)CC1. The number of halogens is 1. The Balaban J connectivity index is 1.28. The quantitative estimate of drug-likeness (QED) is 0.611. The van der Waals surface area contributed by atoms with Crippen LogP contribution in [0.4, 0.5) is 4.39 Å². The zero-order valence-corrected chi connectivity index (χ0v) is 20.7. The minimum absolute atomic E-state index is 0.152. The van der Waals surface area contributed by atoms with Gasteiger partial charge in [0, 0.05) is 18.7 Å². The Hall–Kier alpha value is -2.93. The van der Waals surface area contributed by atoms with Gasteiger partial charge in [-0.3, -0.25) is 9.59 Å². The molecule has 2 fully saturated rings. The van der Waals surface area contributed by atoms with Crippen molar-refractivity contribution >= 4 is 11.8 Å². The molecule has 0 aromatic heterocycles. The molecule has 2 amide bonds. The maximum atomic E-state index is 13.9. The summed E-state index contributed by atoms with van der Waals surface area (Å²) in [5, 5.41) is 0. The first-order valence-electron chi connectivity index (χ1n) is 12.5. The molecule has 2 saturated heterocycles. The first-order chi connectivity index (χ1) is 16.7. The lowest BCUT2D eigenvalue weighted by atomic mass is 9.97. The molecule has 2 aliphatic rings. The van der Waals surface area contributed by atoms with Gasteiger partial charge >= 0.3 is 0 Å². The smallest absolute Gasteiger partial charge is 0.254 e. The van der Waals surface area contributed by atoms with Gasteiger partial charge in [0.25, 0.3) is 5.91 Å². The fourth-order valence-electron chi connectivity index (χ4n) is 5.08. The van der Waals surface area contributed by atoms with E-state index in [1.165, 1.54) is 0 Å². The van der Waals surface area contributed by atoms with Gasteiger partial charge in [0.05, 0.1) is 6.61 Å². The number of hydrogen-bond donors (Lipinski definition) is 1.